The van der Waals surface area contributed by atoms with E-state index in [4.69, 9.17) is 0 Å². The number of thioether (sulfide) groups is 1. The molecule has 0 radical (unpaired) electrons. The van der Waals surface area contributed by atoms with Crippen LogP contribution in [0.15, 0.2) is 53.7 Å². The smallest absolute Gasteiger partial charge is 0.234 e. The molecule has 0 saturated carbocycles. The van der Waals surface area contributed by atoms with E-state index in [1.54, 1.807) is 11.8 Å². The van der Waals surface area contributed by atoms with Crippen molar-refractivity contribution < 1.29 is 9.59 Å². The first-order valence-electron chi connectivity index (χ1n) is 11.7. The number of amides is 2. The summed E-state index contributed by atoms with van der Waals surface area (Å²) >= 11 is 1.38. The van der Waals surface area contributed by atoms with E-state index in [0.717, 1.165) is 60.9 Å². The largest absolute Gasteiger partial charge is 0.341 e. The molecule has 2 amide bonds. The second-order valence-electron chi connectivity index (χ2n) is 8.60. The average Bonchev–Trinajstić information content (AvgIpc) is 3.48. The van der Waals surface area contributed by atoms with Gasteiger partial charge in [0.1, 0.15) is 0 Å². The van der Waals surface area contributed by atoms with Crippen molar-refractivity contribution in [3.8, 4) is 5.69 Å². The number of carbonyl (C=O) groups excluding carboxylic acids is 2. The Bertz CT molecular complexity index is 1190. The Morgan fingerprint density at radius 1 is 1.00 bits per heavy atom. The first-order chi connectivity index (χ1) is 16.6. The zero-order valence-electron chi connectivity index (χ0n) is 19.2. The fourth-order valence-corrected chi connectivity index (χ4v) is 5.34. The van der Waals surface area contributed by atoms with Gasteiger partial charge in [0.2, 0.25) is 17.8 Å². The number of rotatable bonds is 6. The highest BCUT2D eigenvalue weighted by atomic mass is 32.2. The van der Waals surface area contributed by atoms with E-state index in [0.29, 0.717) is 11.7 Å². The number of fused-ring (bicyclic) bond motifs is 1. The summed E-state index contributed by atoms with van der Waals surface area (Å²) in [7, 11) is 0. The molecule has 34 heavy (non-hydrogen) atoms. The van der Waals surface area contributed by atoms with Gasteiger partial charge in [-0.25, -0.2) is 0 Å². The normalized spacial score (nSPS) is 15.3. The molecule has 5 rings (SSSR count). The van der Waals surface area contributed by atoms with Gasteiger partial charge in [0.25, 0.3) is 0 Å². The Balaban J connectivity index is 1.29. The quantitative estimate of drug-likeness (QED) is 0.544. The maximum Gasteiger partial charge on any atom is 0.234 e. The van der Waals surface area contributed by atoms with Crippen LogP contribution in [0.2, 0.25) is 0 Å². The molecule has 2 aliphatic heterocycles. The minimum absolute atomic E-state index is 0.0402. The van der Waals surface area contributed by atoms with Gasteiger partial charge < -0.3 is 15.1 Å². The summed E-state index contributed by atoms with van der Waals surface area (Å²) in [6.45, 7) is 4.20. The molecule has 0 atom stereocenters. The number of para-hydroxylation sites is 1. The van der Waals surface area contributed by atoms with Gasteiger partial charge in [-0.15, -0.1) is 10.2 Å². The van der Waals surface area contributed by atoms with Crippen molar-refractivity contribution in [3.63, 3.8) is 0 Å². The maximum absolute atomic E-state index is 12.8. The molecule has 0 unspecified atom stereocenters. The third kappa shape index (κ3) is 4.65. The van der Waals surface area contributed by atoms with Crippen LogP contribution in [0.3, 0.4) is 0 Å². The second-order valence-corrected chi connectivity index (χ2v) is 9.54. The van der Waals surface area contributed by atoms with Crippen LogP contribution in [0.25, 0.3) is 5.69 Å². The summed E-state index contributed by atoms with van der Waals surface area (Å²) in [6.07, 6.45) is 4.34. The molecule has 0 aliphatic carbocycles. The fourth-order valence-electron chi connectivity index (χ4n) is 4.59. The summed E-state index contributed by atoms with van der Waals surface area (Å²) in [5, 5.41) is 12.6. The van der Waals surface area contributed by atoms with Crippen LogP contribution in [-0.4, -0.2) is 52.0 Å². The highest BCUT2D eigenvalue weighted by Gasteiger charge is 2.24. The third-order valence-corrected chi connectivity index (χ3v) is 7.17. The second kappa shape index (κ2) is 9.89. The number of carbonyl (C=O) groups is 2. The molecule has 9 heteroatoms. The number of anilines is 3. The van der Waals surface area contributed by atoms with Crippen LogP contribution in [0.1, 0.15) is 31.7 Å². The molecule has 0 bridgehead atoms. The topological polar surface area (TPSA) is 83.4 Å². The van der Waals surface area contributed by atoms with Crippen molar-refractivity contribution in [2.24, 2.45) is 0 Å². The number of piperidine rings is 1. The van der Waals surface area contributed by atoms with Gasteiger partial charge in [-0.05, 0) is 61.6 Å². The van der Waals surface area contributed by atoms with Crippen LogP contribution < -0.4 is 15.1 Å². The fraction of sp³-hybridized carbons (Fsp3) is 0.360. The molecule has 2 aromatic carbocycles. The predicted molar refractivity (Wildman–Crippen MR) is 135 cm³/mol. The van der Waals surface area contributed by atoms with Crippen molar-refractivity contribution in [1.29, 1.82) is 0 Å². The lowest BCUT2D eigenvalue weighted by atomic mass is 10.1. The van der Waals surface area contributed by atoms with E-state index in [1.807, 2.05) is 48.5 Å². The minimum atomic E-state index is -0.103. The van der Waals surface area contributed by atoms with Gasteiger partial charge >= 0.3 is 0 Å². The van der Waals surface area contributed by atoms with Crippen molar-refractivity contribution in [2.75, 3.05) is 40.5 Å². The van der Waals surface area contributed by atoms with E-state index < -0.39 is 0 Å². The SMILES string of the molecule is CC(=O)N1CCc2cc(NC(=O)CSc3nnc(N4CCCCC4)n3-c3ccccc3)ccc21. The van der Waals surface area contributed by atoms with E-state index >= 15 is 0 Å². The first-order valence-corrected chi connectivity index (χ1v) is 12.7. The van der Waals surface area contributed by atoms with E-state index in [9.17, 15) is 9.59 Å². The van der Waals surface area contributed by atoms with Gasteiger partial charge in [-0.3, -0.25) is 14.2 Å². The van der Waals surface area contributed by atoms with Gasteiger partial charge in [-0.2, -0.15) is 0 Å². The Kier molecular flexibility index (Phi) is 6.53. The number of aromatic nitrogens is 3. The number of nitrogens with one attached hydrogen (secondary N) is 1. The molecule has 3 aromatic rings. The highest BCUT2D eigenvalue weighted by Crippen LogP contribution is 2.31. The Hall–Kier alpha value is -3.33. The molecule has 1 fully saturated rings. The van der Waals surface area contributed by atoms with Gasteiger partial charge in [0.05, 0.1) is 11.4 Å². The molecule has 0 spiro atoms. The van der Waals surface area contributed by atoms with Crippen LogP contribution >= 0.6 is 11.8 Å². The van der Waals surface area contributed by atoms with Crippen molar-refractivity contribution in [3.05, 3.63) is 54.1 Å². The molecule has 176 valence electrons. The van der Waals surface area contributed by atoms with Gasteiger partial charge in [0.15, 0.2) is 5.16 Å². The summed E-state index contributed by atoms with van der Waals surface area (Å²) < 4.78 is 2.05. The molecular formula is C25H28N6O2S. The summed E-state index contributed by atoms with van der Waals surface area (Å²) in [5.74, 6) is 0.996. The summed E-state index contributed by atoms with van der Waals surface area (Å²) in [4.78, 5) is 28.6. The Morgan fingerprint density at radius 2 is 1.79 bits per heavy atom. The number of hydrogen-bond acceptors (Lipinski definition) is 6. The predicted octanol–water partition coefficient (Wildman–Crippen LogP) is 3.90. The monoisotopic (exact) mass is 476 g/mol. The lowest BCUT2D eigenvalue weighted by Gasteiger charge is -2.27. The van der Waals surface area contributed by atoms with Gasteiger partial charge in [-0.1, -0.05) is 30.0 Å². The van der Waals surface area contributed by atoms with Crippen LogP contribution in [0, 0.1) is 0 Å². The van der Waals surface area contributed by atoms with Crippen LogP contribution in [0.4, 0.5) is 17.3 Å². The summed E-state index contributed by atoms with van der Waals surface area (Å²) in [6, 6.07) is 15.8. The molecule has 2 aliphatic rings. The summed E-state index contributed by atoms with van der Waals surface area (Å²) in [5.41, 5.74) is 3.75. The van der Waals surface area contributed by atoms with E-state index in [-0.39, 0.29) is 17.6 Å². The zero-order valence-corrected chi connectivity index (χ0v) is 20.1. The number of benzene rings is 2. The van der Waals surface area contributed by atoms with Crippen molar-refractivity contribution in [2.45, 2.75) is 37.8 Å². The molecule has 1 N–H and O–H groups in total. The maximum atomic E-state index is 12.8. The van der Waals surface area contributed by atoms with Crippen LogP contribution in [0.5, 0.6) is 0 Å². The van der Waals surface area contributed by atoms with Crippen LogP contribution in [-0.2, 0) is 16.0 Å². The minimum Gasteiger partial charge on any atom is -0.341 e. The van der Waals surface area contributed by atoms with E-state index in [2.05, 4.69) is 25.0 Å². The lowest BCUT2D eigenvalue weighted by Crippen LogP contribution is -2.31. The van der Waals surface area contributed by atoms with Crippen molar-refractivity contribution in [1.82, 2.24) is 14.8 Å². The number of nitrogens with zero attached hydrogens (tertiary/aromatic N) is 5. The zero-order chi connectivity index (χ0) is 23.5. The Labute approximate surface area is 203 Å². The third-order valence-electron chi connectivity index (χ3n) is 6.24. The van der Waals surface area contributed by atoms with Crippen molar-refractivity contribution >= 4 is 40.9 Å². The van der Waals surface area contributed by atoms with E-state index in [1.165, 1.54) is 18.2 Å². The molecule has 1 saturated heterocycles. The molecule has 8 nitrogen and oxygen atoms in total. The highest BCUT2D eigenvalue weighted by molar-refractivity contribution is 7.99. The molecular weight excluding hydrogens is 448 g/mol. The first kappa shape index (κ1) is 22.5. The molecule has 3 heterocycles. The lowest BCUT2D eigenvalue weighted by molar-refractivity contribution is -0.116. The standard InChI is InChI=1S/C25H28N6O2S/c1-18(32)30-15-12-19-16-20(10-11-22(19)30)26-23(33)17-34-25-28-27-24(29-13-6-3-7-14-29)31(25)21-8-4-2-5-9-21/h2,4-5,8-11,16H,3,6-7,12-15,17H2,1H3,(H,26,33). The Morgan fingerprint density at radius 3 is 2.56 bits per heavy atom. The van der Waals surface area contributed by atoms with Gasteiger partial charge in [0, 0.05) is 37.9 Å². The average molecular weight is 477 g/mol. The molecule has 1 aromatic heterocycles. The number of hydrogen-bond donors (Lipinski definition) is 1.